The van der Waals surface area contributed by atoms with Crippen LogP contribution in [0.3, 0.4) is 0 Å². The van der Waals surface area contributed by atoms with Gasteiger partial charge < -0.3 is 9.84 Å². The molecule has 3 nitrogen and oxygen atoms in total. The molecule has 1 heterocycles. The summed E-state index contributed by atoms with van der Waals surface area (Å²) in [5.41, 5.74) is -0.729. The van der Waals surface area contributed by atoms with Crippen LogP contribution in [0, 0.1) is 0 Å². The summed E-state index contributed by atoms with van der Waals surface area (Å²) < 4.78 is 43.2. The SMILES string of the molecule is O=C(O)C1=C(Br)c2cccc(Cl)c2OC1C(F)(F)F. The summed E-state index contributed by atoms with van der Waals surface area (Å²) in [6.45, 7) is 0. The number of carboxylic acids is 1. The first kappa shape index (κ1) is 14.2. The van der Waals surface area contributed by atoms with Gasteiger partial charge in [-0.2, -0.15) is 13.2 Å². The summed E-state index contributed by atoms with van der Waals surface area (Å²) in [4.78, 5) is 11.0. The lowest BCUT2D eigenvalue weighted by Crippen LogP contribution is -2.41. The number of para-hydroxylation sites is 1. The third kappa shape index (κ3) is 2.44. The summed E-state index contributed by atoms with van der Waals surface area (Å²) in [6.07, 6.45) is -7.42. The van der Waals surface area contributed by atoms with Crippen LogP contribution in [-0.4, -0.2) is 23.4 Å². The minimum Gasteiger partial charge on any atom is -0.478 e. The van der Waals surface area contributed by atoms with Crippen LogP contribution in [0.1, 0.15) is 5.56 Å². The Hall–Kier alpha value is -1.21. The molecular formula is C11H5BrClF3O3. The van der Waals surface area contributed by atoms with Gasteiger partial charge in [-0.25, -0.2) is 4.79 Å². The molecule has 1 atom stereocenters. The monoisotopic (exact) mass is 356 g/mol. The molecule has 2 rings (SSSR count). The molecule has 102 valence electrons. The standard InChI is InChI=1S/C11H5BrClF3O3/c12-7-4-2-1-3-5(13)8(4)19-9(11(14,15)16)6(7)10(17)18/h1-3,9H,(H,17,18). The van der Waals surface area contributed by atoms with E-state index in [4.69, 9.17) is 21.4 Å². The zero-order valence-corrected chi connectivity index (χ0v) is 11.3. The largest absolute Gasteiger partial charge is 0.478 e. The van der Waals surface area contributed by atoms with Crippen LogP contribution in [-0.2, 0) is 4.79 Å². The summed E-state index contributed by atoms with van der Waals surface area (Å²) in [5.74, 6) is -1.90. The lowest BCUT2D eigenvalue weighted by molar-refractivity contribution is -0.187. The number of hydrogen-bond acceptors (Lipinski definition) is 2. The minimum atomic E-state index is -4.86. The number of hydrogen-bond donors (Lipinski definition) is 1. The molecule has 0 aliphatic carbocycles. The van der Waals surface area contributed by atoms with Gasteiger partial charge in [0.25, 0.3) is 0 Å². The molecule has 1 aromatic rings. The Bertz CT molecular complexity index is 583. The zero-order valence-electron chi connectivity index (χ0n) is 8.96. The molecule has 0 spiro atoms. The van der Waals surface area contributed by atoms with E-state index < -0.39 is 23.8 Å². The minimum absolute atomic E-state index is 0.0202. The number of rotatable bonds is 1. The summed E-state index contributed by atoms with van der Waals surface area (Å²) in [5, 5.41) is 8.92. The molecule has 0 saturated heterocycles. The van der Waals surface area contributed by atoms with E-state index in [1.165, 1.54) is 18.2 Å². The molecule has 0 radical (unpaired) electrons. The van der Waals surface area contributed by atoms with Crippen molar-refractivity contribution in [2.24, 2.45) is 0 Å². The molecule has 0 bridgehead atoms. The summed E-state index contributed by atoms with van der Waals surface area (Å²) in [6, 6.07) is 4.26. The van der Waals surface area contributed by atoms with Gasteiger partial charge in [0.05, 0.1) is 5.02 Å². The lowest BCUT2D eigenvalue weighted by atomic mass is 10.0. The molecule has 19 heavy (non-hydrogen) atoms. The predicted octanol–water partition coefficient (Wildman–Crippen LogP) is 3.85. The van der Waals surface area contributed by atoms with Crippen molar-refractivity contribution in [1.82, 2.24) is 0 Å². The molecule has 0 aromatic heterocycles. The Morgan fingerprint density at radius 1 is 1.42 bits per heavy atom. The molecule has 1 aliphatic heterocycles. The Morgan fingerprint density at radius 2 is 2.05 bits per heavy atom. The first-order valence-electron chi connectivity index (χ1n) is 4.88. The molecule has 1 aliphatic rings. The van der Waals surface area contributed by atoms with Crippen LogP contribution in [0.2, 0.25) is 5.02 Å². The van der Waals surface area contributed by atoms with E-state index in [-0.39, 0.29) is 20.8 Å². The van der Waals surface area contributed by atoms with Crippen molar-refractivity contribution in [2.75, 3.05) is 0 Å². The second-order valence-corrected chi connectivity index (χ2v) is 4.89. The molecule has 8 heteroatoms. The normalized spacial score (nSPS) is 18.9. The average Bonchev–Trinajstić information content (AvgIpc) is 2.28. The molecule has 0 fully saturated rings. The highest BCUT2D eigenvalue weighted by atomic mass is 79.9. The van der Waals surface area contributed by atoms with Crippen molar-refractivity contribution >= 4 is 38.0 Å². The zero-order chi connectivity index (χ0) is 14.4. The number of ether oxygens (including phenoxy) is 1. The smallest absolute Gasteiger partial charge is 0.430 e. The van der Waals surface area contributed by atoms with E-state index in [1.54, 1.807) is 0 Å². The Balaban J connectivity index is 2.70. The maximum atomic E-state index is 12.9. The third-order valence-corrected chi connectivity index (χ3v) is 3.62. The fraction of sp³-hybridized carbons (Fsp3) is 0.182. The average molecular weight is 358 g/mol. The van der Waals surface area contributed by atoms with Gasteiger partial charge in [0, 0.05) is 10.0 Å². The highest BCUT2D eigenvalue weighted by Gasteiger charge is 2.50. The topological polar surface area (TPSA) is 46.5 Å². The Kier molecular flexibility index (Phi) is 3.53. The molecule has 0 saturated carbocycles. The lowest BCUT2D eigenvalue weighted by Gasteiger charge is -2.29. The quantitative estimate of drug-likeness (QED) is 0.830. The Labute approximate surface area is 118 Å². The van der Waals surface area contributed by atoms with Crippen molar-refractivity contribution in [3.63, 3.8) is 0 Å². The van der Waals surface area contributed by atoms with Crippen LogP contribution in [0.5, 0.6) is 5.75 Å². The number of halogens is 5. The van der Waals surface area contributed by atoms with E-state index in [0.717, 1.165) is 0 Å². The number of benzene rings is 1. The van der Waals surface area contributed by atoms with E-state index in [1.807, 2.05) is 0 Å². The van der Waals surface area contributed by atoms with Crippen LogP contribution in [0.4, 0.5) is 13.2 Å². The molecule has 0 amide bonds. The number of carbonyl (C=O) groups is 1. The van der Waals surface area contributed by atoms with Gasteiger partial charge in [0.15, 0.2) is 0 Å². The van der Waals surface area contributed by atoms with Crippen LogP contribution in [0.25, 0.3) is 4.48 Å². The second kappa shape index (κ2) is 4.72. The van der Waals surface area contributed by atoms with Crippen molar-refractivity contribution in [1.29, 1.82) is 0 Å². The molecule has 1 aromatic carbocycles. The summed E-state index contributed by atoms with van der Waals surface area (Å²) in [7, 11) is 0. The van der Waals surface area contributed by atoms with E-state index in [0.29, 0.717) is 0 Å². The van der Waals surface area contributed by atoms with Crippen molar-refractivity contribution < 1.29 is 27.8 Å². The van der Waals surface area contributed by atoms with Crippen molar-refractivity contribution in [2.45, 2.75) is 12.3 Å². The maximum Gasteiger partial charge on any atom is 0.430 e. The fourth-order valence-corrected chi connectivity index (χ4v) is 2.58. The molecule has 1 N–H and O–H groups in total. The van der Waals surface area contributed by atoms with Crippen LogP contribution in [0.15, 0.2) is 23.8 Å². The third-order valence-electron chi connectivity index (χ3n) is 2.47. The van der Waals surface area contributed by atoms with Gasteiger partial charge >= 0.3 is 12.1 Å². The predicted molar refractivity (Wildman–Crippen MR) is 65.4 cm³/mol. The first-order chi connectivity index (χ1) is 8.73. The van der Waals surface area contributed by atoms with E-state index >= 15 is 0 Å². The van der Waals surface area contributed by atoms with Gasteiger partial charge in [-0.1, -0.05) is 17.7 Å². The van der Waals surface area contributed by atoms with Gasteiger partial charge in [-0.3, -0.25) is 0 Å². The van der Waals surface area contributed by atoms with Crippen LogP contribution >= 0.6 is 27.5 Å². The number of alkyl halides is 3. The highest BCUT2D eigenvalue weighted by Crippen LogP contribution is 2.46. The van der Waals surface area contributed by atoms with E-state index in [2.05, 4.69) is 15.9 Å². The summed E-state index contributed by atoms with van der Waals surface area (Å²) >= 11 is 8.65. The van der Waals surface area contributed by atoms with Crippen LogP contribution < -0.4 is 4.74 Å². The number of aliphatic carboxylic acids is 1. The van der Waals surface area contributed by atoms with Crippen molar-refractivity contribution in [3.8, 4) is 5.75 Å². The first-order valence-corrected chi connectivity index (χ1v) is 6.05. The molecular weight excluding hydrogens is 352 g/mol. The van der Waals surface area contributed by atoms with Crippen molar-refractivity contribution in [3.05, 3.63) is 34.4 Å². The highest BCUT2D eigenvalue weighted by molar-refractivity contribution is 9.15. The number of carboxylic acid groups (broad SMARTS) is 1. The fourth-order valence-electron chi connectivity index (χ4n) is 1.67. The van der Waals surface area contributed by atoms with Gasteiger partial charge in [0.2, 0.25) is 6.10 Å². The Morgan fingerprint density at radius 3 is 2.58 bits per heavy atom. The van der Waals surface area contributed by atoms with Gasteiger partial charge in [-0.15, -0.1) is 0 Å². The number of fused-ring (bicyclic) bond motifs is 1. The van der Waals surface area contributed by atoms with Gasteiger partial charge in [0.1, 0.15) is 11.3 Å². The second-order valence-electron chi connectivity index (χ2n) is 3.69. The maximum absolute atomic E-state index is 12.9. The van der Waals surface area contributed by atoms with E-state index in [9.17, 15) is 18.0 Å². The molecule has 1 unspecified atom stereocenters. The van der Waals surface area contributed by atoms with Gasteiger partial charge in [-0.05, 0) is 28.1 Å².